The molecule has 1 aliphatic rings. The lowest BCUT2D eigenvalue weighted by Gasteiger charge is -2.29. The largest absolute Gasteiger partial charge is 0.497 e. The van der Waals surface area contributed by atoms with Gasteiger partial charge in [0.2, 0.25) is 5.91 Å². The number of methoxy groups -OCH3 is 2. The van der Waals surface area contributed by atoms with Gasteiger partial charge in [-0.25, -0.2) is 8.42 Å². The van der Waals surface area contributed by atoms with Crippen molar-refractivity contribution in [1.82, 2.24) is 4.57 Å². The minimum atomic E-state index is -4.01. The fourth-order valence-electron chi connectivity index (χ4n) is 4.10. The second kappa shape index (κ2) is 10.7. The van der Waals surface area contributed by atoms with Crippen molar-refractivity contribution in [1.29, 1.82) is 0 Å². The summed E-state index contributed by atoms with van der Waals surface area (Å²) in [5.41, 5.74) is 2.58. The topological polar surface area (TPSA) is 107 Å². The Hall–Kier alpha value is -3.02. The van der Waals surface area contributed by atoms with E-state index in [9.17, 15) is 18.0 Å². The number of benzene rings is 2. The summed E-state index contributed by atoms with van der Waals surface area (Å²) in [6.45, 7) is 1.28. The summed E-state index contributed by atoms with van der Waals surface area (Å²) in [5.74, 6) is -2.27. The summed E-state index contributed by atoms with van der Waals surface area (Å²) in [6, 6.07) is 13.0. The van der Waals surface area contributed by atoms with Crippen LogP contribution in [0.15, 0.2) is 47.5 Å². The summed E-state index contributed by atoms with van der Waals surface area (Å²) < 4.78 is 38.6. The van der Waals surface area contributed by atoms with Gasteiger partial charge in [0.25, 0.3) is 5.91 Å². The van der Waals surface area contributed by atoms with Crippen LogP contribution in [0.2, 0.25) is 0 Å². The molecule has 0 spiro atoms. The van der Waals surface area contributed by atoms with Gasteiger partial charge < -0.3 is 18.9 Å². The van der Waals surface area contributed by atoms with Crippen molar-refractivity contribution in [2.24, 2.45) is 4.99 Å². The number of thiazole rings is 1. The molecule has 35 heavy (non-hydrogen) atoms. The molecule has 0 bridgehead atoms. The first kappa shape index (κ1) is 25.1. The molecule has 2 amide bonds. The van der Waals surface area contributed by atoms with Crippen LogP contribution in [0.25, 0.3) is 10.2 Å². The second-order valence-electron chi connectivity index (χ2n) is 8.18. The Bertz CT molecular complexity index is 1420. The Morgan fingerprint density at radius 1 is 1.11 bits per heavy atom. The molecule has 9 nitrogen and oxygen atoms in total. The Morgan fingerprint density at radius 2 is 1.91 bits per heavy atom. The molecule has 2 heterocycles. The van der Waals surface area contributed by atoms with Gasteiger partial charge in [0.15, 0.2) is 14.6 Å². The Labute approximate surface area is 207 Å². The molecule has 0 atom stereocenters. The first-order valence-electron chi connectivity index (χ1n) is 11.1. The van der Waals surface area contributed by atoms with Crippen LogP contribution in [-0.4, -0.2) is 63.7 Å². The van der Waals surface area contributed by atoms with E-state index in [-0.39, 0.29) is 0 Å². The van der Waals surface area contributed by atoms with Crippen LogP contribution >= 0.6 is 11.3 Å². The lowest BCUT2D eigenvalue weighted by Crippen LogP contribution is -2.40. The highest BCUT2D eigenvalue weighted by Crippen LogP contribution is 2.27. The van der Waals surface area contributed by atoms with Crippen LogP contribution in [0.3, 0.4) is 0 Å². The van der Waals surface area contributed by atoms with Gasteiger partial charge in [-0.15, -0.1) is 0 Å². The molecule has 1 aromatic heterocycles. The van der Waals surface area contributed by atoms with Gasteiger partial charge in [0.1, 0.15) is 17.3 Å². The van der Waals surface area contributed by atoms with Crippen LogP contribution in [0.5, 0.6) is 5.75 Å². The van der Waals surface area contributed by atoms with E-state index in [4.69, 9.17) is 9.47 Å². The smallest absolute Gasteiger partial charge is 0.263 e. The summed E-state index contributed by atoms with van der Waals surface area (Å²) in [6.07, 6.45) is 1.60. The van der Waals surface area contributed by atoms with E-state index in [0.29, 0.717) is 30.2 Å². The molecule has 3 aromatic rings. The number of hydrogen-bond donors (Lipinski definition) is 0. The van der Waals surface area contributed by atoms with Crippen molar-refractivity contribution in [2.45, 2.75) is 19.4 Å². The number of para-hydroxylation sites is 1. The van der Waals surface area contributed by atoms with Gasteiger partial charge in [0.05, 0.1) is 23.9 Å². The number of fused-ring (bicyclic) bond motifs is 2. The maximum absolute atomic E-state index is 12.8. The first-order chi connectivity index (χ1) is 16.8. The number of sulfone groups is 1. The molecule has 4 rings (SSSR count). The van der Waals surface area contributed by atoms with Gasteiger partial charge in [-0.2, -0.15) is 4.99 Å². The van der Waals surface area contributed by atoms with Crippen molar-refractivity contribution in [2.75, 3.05) is 43.8 Å². The molecule has 0 saturated heterocycles. The van der Waals surface area contributed by atoms with Gasteiger partial charge in [-0.3, -0.25) is 9.59 Å². The second-order valence-corrected chi connectivity index (χ2v) is 11.3. The molecule has 186 valence electrons. The number of carbonyl (C=O) groups is 2. The summed E-state index contributed by atoms with van der Waals surface area (Å²) >= 11 is 1.26. The third-order valence-corrected chi connectivity index (χ3v) is 8.14. The molecule has 11 heteroatoms. The van der Waals surface area contributed by atoms with Crippen molar-refractivity contribution in [3.05, 3.63) is 52.8 Å². The minimum absolute atomic E-state index is 0.363. The third kappa shape index (κ3) is 5.80. The highest BCUT2D eigenvalue weighted by molar-refractivity contribution is 7.92. The summed E-state index contributed by atoms with van der Waals surface area (Å²) in [5, 5.41) is 0. The zero-order chi connectivity index (χ0) is 25.0. The summed E-state index contributed by atoms with van der Waals surface area (Å²) in [7, 11) is -0.866. The van der Waals surface area contributed by atoms with E-state index < -0.39 is 33.2 Å². The molecule has 0 fully saturated rings. The van der Waals surface area contributed by atoms with Crippen molar-refractivity contribution in [3.8, 4) is 5.75 Å². The molecule has 0 saturated carbocycles. The lowest BCUT2D eigenvalue weighted by molar-refractivity contribution is -0.116. The van der Waals surface area contributed by atoms with Gasteiger partial charge >= 0.3 is 0 Å². The number of aromatic nitrogens is 1. The van der Waals surface area contributed by atoms with Gasteiger partial charge in [-0.05, 0) is 42.7 Å². The zero-order valence-electron chi connectivity index (χ0n) is 19.6. The number of carbonyl (C=O) groups excluding carboxylic acids is 2. The Balaban J connectivity index is 1.54. The van der Waals surface area contributed by atoms with Crippen molar-refractivity contribution in [3.63, 3.8) is 0 Å². The standard InChI is InChI=1S/C24H27N3O6S2/c1-32-13-12-27-20-10-9-18(33-2)14-21(20)34-24(27)25-22(28)15-35(30,31)16-23(29)26-11-5-7-17-6-3-4-8-19(17)26/h3-4,6,8-10,14H,5,7,11-13,15-16H2,1-2H3. The van der Waals surface area contributed by atoms with E-state index >= 15 is 0 Å². The predicted molar refractivity (Wildman–Crippen MR) is 135 cm³/mol. The summed E-state index contributed by atoms with van der Waals surface area (Å²) in [4.78, 5) is 31.5. The molecule has 0 radical (unpaired) electrons. The Kier molecular flexibility index (Phi) is 7.68. The molecule has 2 aromatic carbocycles. The quantitative estimate of drug-likeness (QED) is 0.453. The van der Waals surface area contributed by atoms with Crippen LogP contribution in [0.1, 0.15) is 12.0 Å². The monoisotopic (exact) mass is 517 g/mol. The number of anilines is 1. The zero-order valence-corrected chi connectivity index (χ0v) is 21.2. The van der Waals surface area contributed by atoms with Crippen molar-refractivity contribution >= 4 is 48.9 Å². The molecule has 1 aliphatic heterocycles. The molecular formula is C24H27N3O6S2. The number of hydrogen-bond acceptors (Lipinski definition) is 7. The average molecular weight is 518 g/mol. The number of rotatable bonds is 8. The molecule has 0 aliphatic carbocycles. The average Bonchev–Trinajstić information content (AvgIpc) is 3.17. The van der Waals surface area contributed by atoms with Crippen LogP contribution in [0, 0.1) is 0 Å². The SMILES string of the molecule is COCCn1c(=NC(=O)CS(=O)(=O)CC(=O)N2CCCc3ccccc32)sc2cc(OC)ccc21. The van der Waals surface area contributed by atoms with Crippen LogP contribution in [-0.2, 0) is 37.1 Å². The fraction of sp³-hybridized carbons (Fsp3) is 0.375. The van der Waals surface area contributed by atoms with Crippen LogP contribution in [0.4, 0.5) is 5.69 Å². The van der Waals surface area contributed by atoms with E-state index in [2.05, 4.69) is 4.99 Å². The third-order valence-electron chi connectivity index (χ3n) is 5.73. The number of amides is 2. The van der Waals surface area contributed by atoms with Gasteiger partial charge in [-0.1, -0.05) is 29.5 Å². The van der Waals surface area contributed by atoms with E-state index in [1.54, 1.807) is 20.3 Å². The fourth-order valence-corrected chi connectivity index (χ4v) is 6.28. The van der Waals surface area contributed by atoms with Crippen molar-refractivity contribution < 1.29 is 27.5 Å². The Morgan fingerprint density at radius 3 is 2.69 bits per heavy atom. The molecular weight excluding hydrogens is 490 g/mol. The minimum Gasteiger partial charge on any atom is -0.497 e. The number of nitrogens with zero attached hydrogens (tertiary/aromatic N) is 3. The normalized spacial score (nSPS) is 14.2. The molecule has 0 unspecified atom stereocenters. The molecule has 0 N–H and O–H groups in total. The first-order valence-corrected chi connectivity index (χ1v) is 13.8. The maximum Gasteiger partial charge on any atom is 0.263 e. The van der Waals surface area contributed by atoms with E-state index in [1.165, 1.54) is 16.2 Å². The highest BCUT2D eigenvalue weighted by Gasteiger charge is 2.28. The van der Waals surface area contributed by atoms with E-state index in [0.717, 1.165) is 34.3 Å². The number of ether oxygens (including phenoxy) is 2. The van der Waals surface area contributed by atoms with E-state index in [1.807, 2.05) is 41.0 Å². The maximum atomic E-state index is 12.8. The van der Waals surface area contributed by atoms with Gasteiger partial charge in [0, 0.05) is 25.9 Å². The van der Waals surface area contributed by atoms with Crippen LogP contribution < -0.4 is 14.4 Å². The highest BCUT2D eigenvalue weighted by atomic mass is 32.2. The predicted octanol–water partition coefficient (Wildman–Crippen LogP) is 2.18. The lowest BCUT2D eigenvalue weighted by atomic mass is 10.0. The number of aryl methyl sites for hydroxylation is 1.